The number of aromatic nitrogens is 2. The van der Waals surface area contributed by atoms with Crippen molar-refractivity contribution < 1.29 is 9.32 Å². The zero-order chi connectivity index (χ0) is 24.2. The number of hydrogen-bond donors (Lipinski definition) is 1. The van der Waals surface area contributed by atoms with Gasteiger partial charge in [0.1, 0.15) is 0 Å². The van der Waals surface area contributed by atoms with Crippen molar-refractivity contribution in [2.75, 3.05) is 18.4 Å². The molecule has 1 saturated heterocycles. The van der Waals surface area contributed by atoms with Crippen LogP contribution in [0.25, 0.3) is 22.5 Å². The fourth-order valence-corrected chi connectivity index (χ4v) is 4.89. The van der Waals surface area contributed by atoms with E-state index in [9.17, 15) is 4.79 Å². The Hall–Kier alpha value is -3.19. The van der Waals surface area contributed by atoms with Crippen molar-refractivity contribution in [3.05, 3.63) is 88.7 Å². The standard InChI is InChI=1S/C27H24Cl2N4O2/c28-20-12-13-22(23(29)15-20)26-31-25(35-32-26)17-33-14-6-9-19(16-33)27(34)30-24-11-5-4-10-21(24)18-7-2-1-3-8-18/h1-5,7-8,10-13,15,19H,6,9,14,16-17H2,(H,30,34). The van der Waals surface area contributed by atoms with Crippen LogP contribution in [-0.2, 0) is 11.3 Å². The number of halogens is 2. The van der Waals surface area contributed by atoms with Crippen molar-refractivity contribution in [3.8, 4) is 22.5 Å². The summed E-state index contributed by atoms with van der Waals surface area (Å²) in [6.45, 7) is 1.96. The van der Waals surface area contributed by atoms with Crippen molar-refractivity contribution in [1.29, 1.82) is 0 Å². The summed E-state index contributed by atoms with van der Waals surface area (Å²) in [5.41, 5.74) is 3.57. The minimum absolute atomic E-state index is 0.0252. The lowest BCUT2D eigenvalue weighted by molar-refractivity contribution is -0.121. The summed E-state index contributed by atoms with van der Waals surface area (Å²) in [5.74, 6) is 0.810. The molecule has 0 radical (unpaired) electrons. The molecule has 1 N–H and O–H groups in total. The second kappa shape index (κ2) is 10.6. The Kier molecular flexibility index (Phi) is 7.13. The van der Waals surface area contributed by atoms with E-state index in [2.05, 4.69) is 20.4 Å². The quantitative estimate of drug-likeness (QED) is 0.320. The minimum atomic E-state index is -0.124. The summed E-state index contributed by atoms with van der Waals surface area (Å²) < 4.78 is 5.47. The SMILES string of the molecule is O=C(Nc1ccccc1-c1ccccc1)C1CCCN(Cc2nc(-c3ccc(Cl)cc3Cl)no2)C1. The highest BCUT2D eigenvalue weighted by Gasteiger charge is 2.27. The van der Waals surface area contributed by atoms with E-state index in [1.54, 1.807) is 18.2 Å². The molecule has 0 spiro atoms. The Morgan fingerprint density at radius 3 is 2.66 bits per heavy atom. The van der Waals surface area contributed by atoms with Gasteiger partial charge in [0.2, 0.25) is 17.6 Å². The fraction of sp³-hybridized carbons (Fsp3) is 0.222. The maximum Gasteiger partial charge on any atom is 0.241 e. The first-order valence-corrected chi connectivity index (χ1v) is 12.3. The van der Waals surface area contributed by atoms with E-state index in [0.717, 1.165) is 36.2 Å². The molecule has 1 fully saturated rings. The van der Waals surface area contributed by atoms with E-state index < -0.39 is 0 Å². The Morgan fingerprint density at radius 2 is 1.83 bits per heavy atom. The number of rotatable bonds is 6. The lowest BCUT2D eigenvalue weighted by atomic mass is 9.96. The highest BCUT2D eigenvalue weighted by Crippen LogP contribution is 2.30. The van der Waals surface area contributed by atoms with Gasteiger partial charge < -0.3 is 9.84 Å². The van der Waals surface area contributed by atoms with Gasteiger partial charge in [-0.1, -0.05) is 76.9 Å². The van der Waals surface area contributed by atoms with E-state index in [1.807, 2.05) is 54.6 Å². The molecular formula is C27H24Cl2N4O2. The summed E-state index contributed by atoms with van der Waals surface area (Å²) in [5, 5.41) is 8.24. The van der Waals surface area contributed by atoms with Gasteiger partial charge in [-0.15, -0.1) is 0 Å². The van der Waals surface area contributed by atoms with Gasteiger partial charge in [0.15, 0.2) is 0 Å². The third-order valence-corrected chi connectivity index (χ3v) is 6.69. The van der Waals surface area contributed by atoms with Crippen LogP contribution in [-0.4, -0.2) is 34.0 Å². The van der Waals surface area contributed by atoms with Crippen LogP contribution < -0.4 is 5.32 Å². The third-order valence-electron chi connectivity index (χ3n) is 6.15. The average molecular weight is 507 g/mol. The number of carbonyl (C=O) groups is 1. The highest BCUT2D eigenvalue weighted by atomic mass is 35.5. The van der Waals surface area contributed by atoms with Crippen LogP contribution in [0.1, 0.15) is 18.7 Å². The second-order valence-corrected chi connectivity index (χ2v) is 9.45. The monoisotopic (exact) mass is 506 g/mol. The molecule has 5 rings (SSSR count). The lowest BCUT2D eigenvalue weighted by Crippen LogP contribution is -2.40. The van der Waals surface area contributed by atoms with Crippen LogP contribution in [0.5, 0.6) is 0 Å². The summed E-state index contributed by atoms with van der Waals surface area (Å²) in [7, 11) is 0. The molecule has 1 amide bonds. The molecule has 1 unspecified atom stereocenters. The van der Waals surface area contributed by atoms with Gasteiger partial charge in [-0.3, -0.25) is 9.69 Å². The molecule has 0 bridgehead atoms. The van der Waals surface area contributed by atoms with E-state index in [-0.39, 0.29) is 11.8 Å². The average Bonchev–Trinajstić information content (AvgIpc) is 3.33. The maximum atomic E-state index is 13.2. The molecule has 1 aromatic heterocycles. The molecule has 3 aromatic carbocycles. The summed E-state index contributed by atoms with van der Waals surface area (Å²) in [6.07, 6.45) is 1.76. The topological polar surface area (TPSA) is 71.3 Å². The van der Waals surface area contributed by atoms with Crippen molar-refractivity contribution in [2.45, 2.75) is 19.4 Å². The molecule has 2 heterocycles. The molecule has 35 heavy (non-hydrogen) atoms. The van der Waals surface area contributed by atoms with Gasteiger partial charge in [-0.25, -0.2) is 0 Å². The molecule has 1 aliphatic rings. The highest BCUT2D eigenvalue weighted by molar-refractivity contribution is 6.36. The Balaban J connectivity index is 1.24. The summed E-state index contributed by atoms with van der Waals surface area (Å²) in [4.78, 5) is 19.9. The molecule has 178 valence electrons. The van der Waals surface area contributed by atoms with Crippen LogP contribution >= 0.6 is 23.2 Å². The predicted molar refractivity (Wildman–Crippen MR) is 138 cm³/mol. The molecule has 6 nitrogen and oxygen atoms in total. The van der Waals surface area contributed by atoms with Crippen molar-refractivity contribution in [1.82, 2.24) is 15.0 Å². The first-order chi connectivity index (χ1) is 17.1. The number of benzene rings is 3. The Bertz CT molecular complexity index is 1330. The van der Waals surface area contributed by atoms with E-state index in [4.69, 9.17) is 27.7 Å². The van der Waals surface area contributed by atoms with Gasteiger partial charge in [-0.2, -0.15) is 4.98 Å². The predicted octanol–water partition coefficient (Wildman–Crippen LogP) is 6.56. The normalized spacial score (nSPS) is 16.2. The van der Waals surface area contributed by atoms with Crippen LogP contribution in [0.2, 0.25) is 10.0 Å². The maximum absolute atomic E-state index is 13.2. The number of nitrogens with zero attached hydrogens (tertiary/aromatic N) is 3. The van der Waals surface area contributed by atoms with Gasteiger partial charge in [0, 0.05) is 28.4 Å². The smallest absolute Gasteiger partial charge is 0.241 e. The number of hydrogen-bond acceptors (Lipinski definition) is 5. The molecular weight excluding hydrogens is 483 g/mol. The Labute approximate surface area is 213 Å². The molecule has 8 heteroatoms. The third kappa shape index (κ3) is 5.56. The molecule has 4 aromatic rings. The van der Waals surface area contributed by atoms with Crippen LogP contribution in [0.4, 0.5) is 5.69 Å². The van der Waals surface area contributed by atoms with Gasteiger partial charge >= 0.3 is 0 Å². The number of anilines is 1. The van der Waals surface area contributed by atoms with E-state index >= 15 is 0 Å². The van der Waals surface area contributed by atoms with Crippen molar-refractivity contribution in [3.63, 3.8) is 0 Å². The van der Waals surface area contributed by atoms with Crippen molar-refractivity contribution >= 4 is 34.8 Å². The number of piperidine rings is 1. The lowest BCUT2D eigenvalue weighted by Gasteiger charge is -2.31. The van der Waals surface area contributed by atoms with E-state index in [1.165, 1.54) is 0 Å². The molecule has 1 aliphatic heterocycles. The fourth-order valence-electron chi connectivity index (χ4n) is 4.40. The number of nitrogens with one attached hydrogen (secondary N) is 1. The first-order valence-electron chi connectivity index (χ1n) is 11.5. The Morgan fingerprint density at radius 1 is 1.03 bits per heavy atom. The number of amides is 1. The molecule has 1 atom stereocenters. The van der Waals surface area contributed by atoms with Gasteiger partial charge in [0.25, 0.3) is 0 Å². The van der Waals surface area contributed by atoms with Crippen LogP contribution in [0, 0.1) is 5.92 Å². The largest absolute Gasteiger partial charge is 0.338 e. The van der Waals surface area contributed by atoms with Crippen LogP contribution in [0.3, 0.4) is 0 Å². The summed E-state index contributed by atoms with van der Waals surface area (Å²) in [6, 6.07) is 23.1. The molecule has 0 aliphatic carbocycles. The number of para-hydroxylation sites is 1. The second-order valence-electron chi connectivity index (χ2n) is 8.61. The first kappa shape index (κ1) is 23.5. The van der Waals surface area contributed by atoms with Crippen molar-refractivity contribution in [2.24, 2.45) is 5.92 Å². The number of likely N-dealkylation sites (tertiary alicyclic amines) is 1. The zero-order valence-electron chi connectivity index (χ0n) is 19.0. The number of carbonyl (C=O) groups excluding carboxylic acids is 1. The summed E-state index contributed by atoms with van der Waals surface area (Å²) >= 11 is 12.3. The van der Waals surface area contributed by atoms with Crippen LogP contribution in [0.15, 0.2) is 77.3 Å². The molecule has 0 saturated carbocycles. The zero-order valence-corrected chi connectivity index (χ0v) is 20.5. The minimum Gasteiger partial charge on any atom is -0.338 e. The van der Waals surface area contributed by atoms with E-state index in [0.29, 0.717) is 40.4 Å². The van der Waals surface area contributed by atoms with Gasteiger partial charge in [0.05, 0.1) is 17.5 Å². The van der Waals surface area contributed by atoms with Gasteiger partial charge in [-0.05, 0) is 49.2 Å².